The van der Waals surface area contributed by atoms with Gasteiger partial charge in [0.2, 0.25) is 0 Å². The summed E-state index contributed by atoms with van der Waals surface area (Å²) in [5.41, 5.74) is 0.497. The molecule has 2 heterocycles. The molecule has 146 valence electrons. The fraction of sp³-hybridized carbons (Fsp3) is 0.500. The summed E-state index contributed by atoms with van der Waals surface area (Å²) in [5, 5.41) is 0. The van der Waals surface area contributed by atoms with Crippen LogP contribution in [0.4, 0.5) is 0 Å². The van der Waals surface area contributed by atoms with Gasteiger partial charge in [0.25, 0.3) is 15.9 Å². The van der Waals surface area contributed by atoms with E-state index in [4.69, 9.17) is 4.74 Å². The van der Waals surface area contributed by atoms with Crippen LogP contribution >= 0.6 is 0 Å². The van der Waals surface area contributed by atoms with Crippen molar-refractivity contribution < 1.29 is 22.7 Å². The number of hydrogen-bond donors (Lipinski definition) is 0. The van der Waals surface area contributed by atoms with Gasteiger partial charge >= 0.3 is 5.97 Å². The van der Waals surface area contributed by atoms with Crippen molar-refractivity contribution in [3.63, 3.8) is 0 Å². The zero-order valence-corrected chi connectivity index (χ0v) is 16.2. The Bertz CT molecular complexity index is 877. The lowest BCUT2D eigenvalue weighted by Crippen LogP contribution is -2.43. The van der Waals surface area contributed by atoms with Crippen molar-refractivity contribution in [3.8, 4) is 0 Å². The summed E-state index contributed by atoms with van der Waals surface area (Å²) in [6, 6.07) is 5.93. The lowest BCUT2D eigenvalue weighted by atomic mass is 10.1. The standard InChI is InChI=1S/C18H23N3O5S/c1-3-20(4-2)16(22)12-26-18(23)14-9-7-11-21(14)17-13-8-5-6-10-15(13)27(24,25)19-17/h5-6,8,10,14H,3-4,7,9,11-12H2,1-2H3/t14-/m0/s1. The van der Waals surface area contributed by atoms with E-state index in [-0.39, 0.29) is 23.2 Å². The predicted octanol–water partition coefficient (Wildman–Crippen LogP) is 1.01. The molecule has 27 heavy (non-hydrogen) atoms. The molecule has 9 heteroatoms. The van der Waals surface area contributed by atoms with E-state index in [1.807, 2.05) is 13.8 Å². The van der Waals surface area contributed by atoms with Crippen LogP contribution in [0.25, 0.3) is 0 Å². The maximum absolute atomic E-state index is 12.6. The van der Waals surface area contributed by atoms with Crippen LogP contribution in [0.1, 0.15) is 32.3 Å². The van der Waals surface area contributed by atoms with E-state index in [0.717, 1.165) is 0 Å². The van der Waals surface area contributed by atoms with Crippen LogP contribution in [0, 0.1) is 0 Å². The van der Waals surface area contributed by atoms with E-state index in [1.165, 1.54) is 6.07 Å². The Kier molecular flexibility index (Phi) is 5.50. The average Bonchev–Trinajstić information content (AvgIpc) is 3.24. The quantitative estimate of drug-likeness (QED) is 0.693. The third kappa shape index (κ3) is 3.69. The summed E-state index contributed by atoms with van der Waals surface area (Å²) in [4.78, 5) is 28.0. The lowest BCUT2D eigenvalue weighted by Gasteiger charge is -2.25. The van der Waals surface area contributed by atoms with Gasteiger partial charge in [0.15, 0.2) is 12.4 Å². The highest BCUT2D eigenvalue weighted by Gasteiger charge is 2.40. The van der Waals surface area contributed by atoms with E-state index in [1.54, 1.807) is 28.0 Å². The molecule has 1 aromatic rings. The highest BCUT2D eigenvalue weighted by molar-refractivity contribution is 7.90. The van der Waals surface area contributed by atoms with Gasteiger partial charge in [0, 0.05) is 25.2 Å². The molecule has 2 aliphatic rings. The number of carbonyl (C=O) groups is 2. The number of ether oxygens (including phenoxy) is 1. The molecule has 0 saturated carbocycles. The third-order valence-electron chi connectivity index (χ3n) is 4.86. The Balaban J connectivity index is 1.75. The fourth-order valence-corrected chi connectivity index (χ4v) is 4.67. The molecule has 1 aromatic carbocycles. The van der Waals surface area contributed by atoms with E-state index in [0.29, 0.717) is 38.0 Å². The number of likely N-dealkylation sites (tertiary alicyclic amines) is 1. The normalized spacial score (nSPS) is 20.1. The van der Waals surface area contributed by atoms with Gasteiger partial charge in [0.1, 0.15) is 10.9 Å². The van der Waals surface area contributed by atoms with Gasteiger partial charge in [-0.3, -0.25) is 4.79 Å². The molecule has 1 atom stereocenters. The first-order chi connectivity index (χ1) is 12.9. The van der Waals surface area contributed by atoms with E-state index in [2.05, 4.69) is 4.40 Å². The number of hydrogen-bond acceptors (Lipinski definition) is 6. The number of likely N-dealkylation sites (N-methyl/N-ethyl adjacent to an activating group) is 1. The minimum absolute atomic E-state index is 0.149. The molecular weight excluding hydrogens is 370 g/mol. The predicted molar refractivity (Wildman–Crippen MR) is 98.8 cm³/mol. The first-order valence-electron chi connectivity index (χ1n) is 9.04. The highest BCUT2D eigenvalue weighted by atomic mass is 32.2. The molecule has 0 bridgehead atoms. The van der Waals surface area contributed by atoms with Crippen LogP contribution in [-0.4, -0.2) is 68.2 Å². The van der Waals surface area contributed by atoms with Gasteiger partial charge < -0.3 is 14.5 Å². The van der Waals surface area contributed by atoms with Crippen molar-refractivity contribution in [1.82, 2.24) is 9.80 Å². The molecule has 0 spiro atoms. The molecule has 0 unspecified atom stereocenters. The van der Waals surface area contributed by atoms with Crippen molar-refractivity contribution in [2.24, 2.45) is 4.40 Å². The number of esters is 1. The molecule has 0 aliphatic carbocycles. The molecule has 0 aromatic heterocycles. The summed E-state index contributed by atoms with van der Waals surface area (Å²) in [6.07, 6.45) is 1.24. The largest absolute Gasteiger partial charge is 0.454 e. The van der Waals surface area contributed by atoms with Crippen molar-refractivity contribution >= 4 is 27.7 Å². The number of benzene rings is 1. The SMILES string of the molecule is CCN(CC)C(=O)COC(=O)[C@@H]1CCCN1C1=NS(=O)(=O)c2ccccc21. The minimum Gasteiger partial charge on any atom is -0.454 e. The second kappa shape index (κ2) is 7.67. The van der Waals surface area contributed by atoms with Crippen molar-refractivity contribution in [2.45, 2.75) is 37.6 Å². The van der Waals surface area contributed by atoms with Gasteiger partial charge in [-0.05, 0) is 38.8 Å². The Hall–Kier alpha value is -2.42. The van der Waals surface area contributed by atoms with Gasteiger partial charge in [-0.25, -0.2) is 4.79 Å². The van der Waals surface area contributed by atoms with Crippen LogP contribution in [0.5, 0.6) is 0 Å². The van der Waals surface area contributed by atoms with Gasteiger partial charge in [-0.15, -0.1) is 4.40 Å². The molecule has 1 amide bonds. The molecule has 0 N–H and O–H groups in total. The van der Waals surface area contributed by atoms with Crippen LogP contribution in [0.2, 0.25) is 0 Å². The molecule has 2 aliphatic heterocycles. The molecule has 3 rings (SSSR count). The lowest BCUT2D eigenvalue weighted by molar-refractivity contribution is -0.154. The van der Waals surface area contributed by atoms with Gasteiger partial charge in [0.05, 0.1) is 0 Å². The van der Waals surface area contributed by atoms with Crippen LogP contribution in [0.3, 0.4) is 0 Å². The van der Waals surface area contributed by atoms with Crippen LogP contribution < -0.4 is 0 Å². The van der Waals surface area contributed by atoms with Crippen molar-refractivity contribution in [3.05, 3.63) is 29.8 Å². The highest BCUT2D eigenvalue weighted by Crippen LogP contribution is 2.31. The zero-order valence-electron chi connectivity index (χ0n) is 15.4. The number of amides is 1. The smallest absolute Gasteiger partial charge is 0.329 e. The molecule has 1 fully saturated rings. The number of sulfonamides is 1. The Morgan fingerprint density at radius 2 is 1.96 bits per heavy atom. The number of amidine groups is 1. The molecule has 1 saturated heterocycles. The summed E-state index contributed by atoms with van der Waals surface area (Å²) in [7, 11) is -3.75. The van der Waals surface area contributed by atoms with Gasteiger partial charge in [-0.1, -0.05) is 12.1 Å². The van der Waals surface area contributed by atoms with Crippen molar-refractivity contribution in [1.29, 1.82) is 0 Å². The number of carbonyl (C=O) groups excluding carboxylic acids is 2. The van der Waals surface area contributed by atoms with Crippen LogP contribution in [0.15, 0.2) is 33.6 Å². The van der Waals surface area contributed by atoms with E-state index >= 15 is 0 Å². The molecular formula is C18H23N3O5S. The summed E-state index contributed by atoms with van der Waals surface area (Å²) < 4.78 is 33.7. The zero-order chi connectivity index (χ0) is 19.6. The molecule has 8 nitrogen and oxygen atoms in total. The maximum atomic E-state index is 12.6. The van der Waals surface area contributed by atoms with E-state index < -0.39 is 22.0 Å². The minimum atomic E-state index is -3.75. The van der Waals surface area contributed by atoms with Crippen molar-refractivity contribution in [2.75, 3.05) is 26.2 Å². The van der Waals surface area contributed by atoms with E-state index in [9.17, 15) is 18.0 Å². The fourth-order valence-electron chi connectivity index (χ4n) is 3.46. The summed E-state index contributed by atoms with van der Waals surface area (Å²) in [6.45, 7) is 5.01. The first-order valence-corrected chi connectivity index (χ1v) is 10.5. The second-order valence-electron chi connectivity index (χ2n) is 6.41. The monoisotopic (exact) mass is 393 g/mol. The number of fused-ring (bicyclic) bond motifs is 1. The Labute approximate surface area is 158 Å². The summed E-state index contributed by atoms with van der Waals surface area (Å²) in [5.74, 6) is -0.498. The topological polar surface area (TPSA) is 96.3 Å². The maximum Gasteiger partial charge on any atom is 0.329 e. The average molecular weight is 393 g/mol. The van der Waals surface area contributed by atoms with Gasteiger partial charge in [-0.2, -0.15) is 8.42 Å². The Morgan fingerprint density at radius 1 is 1.26 bits per heavy atom. The molecule has 0 radical (unpaired) electrons. The van der Waals surface area contributed by atoms with Crippen LogP contribution in [-0.2, 0) is 24.3 Å². The Morgan fingerprint density at radius 3 is 2.67 bits per heavy atom. The summed E-state index contributed by atoms with van der Waals surface area (Å²) >= 11 is 0. The number of rotatable bonds is 5. The second-order valence-corrected chi connectivity index (χ2v) is 7.98. The third-order valence-corrected chi connectivity index (χ3v) is 6.19. The first kappa shape index (κ1) is 19.3. The number of nitrogens with zero attached hydrogens (tertiary/aromatic N) is 3.